The second-order valence-electron chi connectivity index (χ2n) is 8.53. The Morgan fingerprint density at radius 3 is 1.58 bits per heavy atom. The summed E-state index contributed by atoms with van der Waals surface area (Å²) in [5, 5.41) is 0. The molecule has 2 atom stereocenters. The molecule has 0 aromatic heterocycles. The summed E-state index contributed by atoms with van der Waals surface area (Å²) in [7, 11) is 0. The molecule has 0 radical (unpaired) electrons. The van der Waals surface area contributed by atoms with Crippen molar-refractivity contribution in [2.45, 2.75) is 58.8 Å². The van der Waals surface area contributed by atoms with Gasteiger partial charge in [-0.15, -0.1) is 0 Å². The number of ether oxygens (including phenoxy) is 2. The molecule has 0 aliphatic heterocycles. The standard InChI is InChI=1S/C27H30O4/c1-3-9-18-11-5-7-13-22(18)30-26(28)24-20-15-16-21(17-20)25(24)27(29)31-23-14-8-6-12-19(23)10-4-2/h5-8,11-14,20-21H,3-4,9-10,15-17H2,1-2H3. The van der Waals surface area contributed by atoms with Gasteiger partial charge in [0, 0.05) is 0 Å². The summed E-state index contributed by atoms with van der Waals surface area (Å²) in [6.45, 7) is 4.20. The Kier molecular flexibility index (Phi) is 6.55. The summed E-state index contributed by atoms with van der Waals surface area (Å²) in [5.74, 6) is 0.555. The monoisotopic (exact) mass is 418 g/mol. The van der Waals surface area contributed by atoms with Crippen LogP contribution >= 0.6 is 0 Å². The lowest BCUT2D eigenvalue weighted by atomic mass is 9.91. The van der Waals surface area contributed by atoms with Gasteiger partial charge in [0.05, 0.1) is 11.1 Å². The lowest BCUT2D eigenvalue weighted by Crippen LogP contribution is -2.24. The van der Waals surface area contributed by atoms with Gasteiger partial charge in [0.2, 0.25) is 0 Å². The van der Waals surface area contributed by atoms with E-state index in [4.69, 9.17) is 9.47 Å². The zero-order valence-electron chi connectivity index (χ0n) is 18.4. The molecule has 162 valence electrons. The minimum absolute atomic E-state index is 0.0873. The molecule has 0 spiro atoms. The number of carbonyl (C=O) groups excluding carboxylic acids is 2. The van der Waals surface area contributed by atoms with Crippen molar-refractivity contribution in [1.29, 1.82) is 0 Å². The Labute approximate surface area is 184 Å². The van der Waals surface area contributed by atoms with Crippen molar-refractivity contribution in [3.05, 3.63) is 70.8 Å². The van der Waals surface area contributed by atoms with Crippen LogP contribution in [0.4, 0.5) is 0 Å². The number of benzene rings is 2. The number of hydrogen-bond acceptors (Lipinski definition) is 4. The van der Waals surface area contributed by atoms with Crippen LogP contribution in [0.2, 0.25) is 0 Å². The second kappa shape index (κ2) is 9.51. The van der Waals surface area contributed by atoms with Crippen molar-refractivity contribution in [2.75, 3.05) is 0 Å². The van der Waals surface area contributed by atoms with Gasteiger partial charge in [0.1, 0.15) is 11.5 Å². The zero-order chi connectivity index (χ0) is 21.8. The zero-order valence-corrected chi connectivity index (χ0v) is 18.4. The van der Waals surface area contributed by atoms with Gasteiger partial charge >= 0.3 is 11.9 Å². The first kappa shape index (κ1) is 21.4. The van der Waals surface area contributed by atoms with Crippen LogP contribution in [0.15, 0.2) is 59.7 Å². The van der Waals surface area contributed by atoms with Gasteiger partial charge in [0.15, 0.2) is 0 Å². The summed E-state index contributed by atoms with van der Waals surface area (Å²) >= 11 is 0. The molecule has 4 heteroatoms. The summed E-state index contributed by atoms with van der Waals surface area (Å²) in [6, 6.07) is 15.3. The highest BCUT2D eigenvalue weighted by atomic mass is 16.5. The Balaban J connectivity index is 1.60. The maximum absolute atomic E-state index is 13.2. The fourth-order valence-electron chi connectivity index (χ4n) is 4.97. The summed E-state index contributed by atoms with van der Waals surface area (Å²) in [6.07, 6.45) is 6.31. The van der Waals surface area contributed by atoms with Gasteiger partial charge < -0.3 is 9.47 Å². The fourth-order valence-corrected chi connectivity index (χ4v) is 4.97. The predicted molar refractivity (Wildman–Crippen MR) is 120 cm³/mol. The van der Waals surface area contributed by atoms with Crippen molar-refractivity contribution >= 4 is 11.9 Å². The third-order valence-corrected chi connectivity index (χ3v) is 6.37. The summed E-state index contributed by atoms with van der Waals surface area (Å²) < 4.78 is 11.6. The number of para-hydroxylation sites is 2. The van der Waals surface area contributed by atoms with E-state index in [-0.39, 0.29) is 11.8 Å². The van der Waals surface area contributed by atoms with Crippen molar-refractivity contribution < 1.29 is 19.1 Å². The SMILES string of the molecule is CCCc1ccccc1OC(=O)C1=C(C(=O)Oc2ccccc2CCC)C2CCC1C2. The number of esters is 2. The molecule has 1 fully saturated rings. The molecule has 0 saturated heterocycles. The normalized spacial score (nSPS) is 19.5. The first-order chi connectivity index (χ1) is 15.1. The molecule has 2 bridgehead atoms. The van der Waals surface area contributed by atoms with Gasteiger partial charge in [-0.25, -0.2) is 9.59 Å². The molecule has 2 aromatic carbocycles. The highest BCUT2D eigenvalue weighted by molar-refractivity contribution is 6.04. The summed E-state index contributed by atoms with van der Waals surface area (Å²) in [4.78, 5) is 26.4. The lowest BCUT2D eigenvalue weighted by Gasteiger charge is -2.19. The first-order valence-corrected chi connectivity index (χ1v) is 11.5. The first-order valence-electron chi connectivity index (χ1n) is 11.5. The number of fused-ring (bicyclic) bond motifs is 2. The highest BCUT2D eigenvalue weighted by Gasteiger charge is 2.46. The number of hydrogen-bond donors (Lipinski definition) is 0. The van der Waals surface area contributed by atoms with Crippen LogP contribution in [0.3, 0.4) is 0 Å². The molecule has 31 heavy (non-hydrogen) atoms. The number of aryl methyl sites for hydroxylation is 2. The van der Waals surface area contributed by atoms with Crippen molar-refractivity contribution in [1.82, 2.24) is 0 Å². The van der Waals surface area contributed by atoms with Crippen molar-refractivity contribution in [2.24, 2.45) is 11.8 Å². The minimum atomic E-state index is -0.399. The van der Waals surface area contributed by atoms with Crippen LogP contribution in [0, 0.1) is 11.8 Å². The average Bonchev–Trinajstić information content (AvgIpc) is 3.39. The third-order valence-electron chi connectivity index (χ3n) is 6.37. The molecule has 4 rings (SSSR count). The molecule has 2 unspecified atom stereocenters. The second-order valence-corrected chi connectivity index (χ2v) is 8.53. The topological polar surface area (TPSA) is 52.6 Å². The van der Waals surface area contributed by atoms with Gasteiger partial charge in [-0.05, 0) is 67.2 Å². The molecule has 4 nitrogen and oxygen atoms in total. The van der Waals surface area contributed by atoms with E-state index in [1.54, 1.807) is 0 Å². The van der Waals surface area contributed by atoms with E-state index in [1.807, 2.05) is 48.5 Å². The van der Waals surface area contributed by atoms with Crippen molar-refractivity contribution in [3.8, 4) is 11.5 Å². The van der Waals surface area contributed by atoms with Gasteiger partial charge in [-0.2, -0.15) is 0 Å². The minimum Gasteiger partial charge on any atom is -0.423 e. The van der Waals surface area contributed by atoms with Crippen LogP contribution in [0.5, 0.6) is 11.5 Å². The Morgan fingerprint density at radius 2 is 1.16 bits per heavy atom. The molecule has 2 aromatic rings. The number of carbonyl (C=O) groups is 2. The van der Waals surface area contributed by atoms with Gasteiger partial charge in [0.25, 0.3) is 0 Å². The van der Waals surface area contributed by atoms with Gasteiger partial charge in [-0.1, -0.05) is 63.1 Å². The predicted octanol–water partition coefficient (Wildman–Crippen LogP) is 5.83. The van der Waals surface area contributed by atoms with Crippen LogP contribution in [0.25, 0.3) is 0 Å². The lowest BCUT2D eigenvalue weighted by molar-refractivity contribution is -0.133. The molecular weight excluding hydrogens is 388 g/mol. The van der Waals surface area contributed by atoms with Crippen molar-refractivity contribution in [3.63, 3.8) is 0 Å². The summed E-state index contributed by atoms with van der Waals surface area (Å²) in [5.41, 5.74) is 3.08. The Hall–Kier alpha value is -2.88. The average molecular weight is 419 g/mol. The molecule has 1 saturated carbocycles. The van der Waals surface area contributed by atoms with Crippen LogP contribution in [0.1, 0.15) is 57.1 Å². The quantitative estimate of drug-likeness (QED) is 0.400. The molecule has 0 heterocycles. The molecule has 2 aliphatic rings. The molecular formula is C27H30O4. The van der Waals surface area contributed by atoms with E-state index < -0.39 is 11.9 Å². The van der Waals surface area contributed by atoms with E-state index in [0.29, 0.717) is 22.6 Å². The smallest absolute Gasteiger partial charge is 0.340 e. The number of rotatable bonds is 8. The fraction of sp³-hybridized carbons (Fsp3) is 0.407. The van der Waals surface area contributed by atoms with E-state index in [2.05, 4.69) is 13.8 Å². The largest absolute Gasteiger partial charge is 0.423 e. The third kappa shape index (κ3) is 4.43. The Bertz CT molecular complexity index is 924. The molecule has 0 amide bonds. The van der Waals surface area contributed by atoms with Crippen LogP contribution < -0.4 is 9.47 Å². The molecule has 0 N–H and O–H groups in total. The maximum atomic E-state index is 13.2. The Morgan fingerprint density at radius 1 is 0.742 bits per heavy atom. The van der Waals surface area contributed by atoms with Gasteiger partial charge in [-0.3, -0.25) is 0 Å². The van der Waals surface area contributed by atoms with Crippen LogP contribution in [-0.4, -0.2) is 11.9 Å². The van der Waals surface area contributed by atoms with E-state index in [1.165, 1.54) is 0 Å². The van der Waals surface area contributed by atoms with E-state index in [9.17, 15) is 9.59 Å². The maximum Gasteiger partial charge on any atom is 0.340 e. The van der Waals surface area contributed by atoms with E-state index >= 15 is 0 Å². The molecule has 2 aliphatic carbocycles. The highest BCUT2D eigenvalue weighted by Crippen LogP contribution is 2.49. The van der Waals surface area contributed by atoms with E-state index in [0.717, 1.165) is 56.1 Å². The van der Waals surface area contributed by atoms with Crippen LogP contribution in [-0.2, 0) is 22.4 Å².